The maximum Gasteiger partial charge on any atom is 0.0805 e. The number of nitriles is 1. The van der Waals surface area contributed by atoms with Gasteiger partial charge in [-0.1, -0.05) is 19.8 Å². The van der Waals surface area contributed by atoms with E-state index in [0.29, 0.717) is 5.92 Å². The van der Waals surface area contributed by atoms with Crippen LogP contribution < -0.4 is 0 Å². The van der Waals surface area contributed by atoms with Gasteiger partial charge in [-0.2, -0.15) is 5.26 Å². The van der Waals surface area contributed by atoms with Crippen molar-refractivity contribution in [1.29, 1.82) is 5.26 Å². The molecule has 0 aromatic rings. The number of aliphatic hydroxyl groups is 1. The fourth-order valence-electron chi connectivity index (χ4n) is 2.08. The fourth-order valence-corrected chi connectivity index (χ4v) is 2.08. The van der Waals surface area contributed by atoms with E-state index in [2.05, 4.69) is 13.0 Å². The van der Waals surface area contributed by atoms with Gasteiger partial charge in [0.1, 0.15) is 0 Å². The van der Waals surface area contributed by atoms with E-state index in [0.717, 1.165) is 19.3 Å². The molecule has 1 fully saturated rings. The summed E-state index contributed by atoms with van der Waals surface area (Å²) in [4.78, 5) is 0. The highest BCUT2D eigenvalue weighted by Crippen LogP contribution is 2.36. The molecule has 0 amide bonds. The van der Waals surface area contributed by atoms with Crippen molar-refractivity contribution in [3.63, 3.8) is 0 Å². The number of hydrogen-bond acceptors (Lipinski definition) is 2. The predicted molar refractivity (Wildman–Crippen MR) is 47.4 cm³/mol. The van der Waals surface area contributed by atoms with Crippen LogP contribution >= 0.6 is 0 Å². The zero-order valence-electron chi connectivity index (χ0n) is 7.88. The van der Waals surface area contributed by atoms with Crippen LogP contribution in [0.5, 0.6) is 0 Å². The third-order valence-electron chi connectivity index (χ3n) is 3.01. The second-order valence-electron chi connectivity index (χ2n) is 4.16. The summed E-state index contributed by atoms with van der Waals surface area (Å²) in [6, 6.07) is 2.15. The highest BCUT2D eigenvalue weighted by Gasteiger charge is 2.37. The van der Waals surface area contributed by atoms with E-state index in [1.165, 1.54) is 6.42 Å². The zero-order chi connectivity index (χ0) is 9.19. The average molecular weight is 167 g/mol. The number of hydrogen-bond donors (Lipinski definition) is 1. The third kappa shape index (κ3) is 1.78. The summed E-state index contributed by atoms with van der Waals surface area (Å²) in [5, 5.41) is 18.8. The van der Waals surface area contributed by atoms with Crippen LogP contribution in [0.25, 0.3) is 0 Å². The molecule has 2 nitrogen and oxygen atoms in total. The fraction of sp³-hybridized carbons (Fsp3) is 0.900. The largest absolute Gasteiger partial charge is 0.389 e. The molecule has 2 heteroatoms. The van der Waals surface area contributed by atoms with Gasteiger partial charge in [-0.25, -0.2) is 0 Å². The van der Waals surface area contributed by atoms with Crippen molar-refractivity contribution >= 4 is 0 Å². The smallest absolute Gasteiger partial charge is 0.0805 e. The summed E-state index contributed by atoms with van der Waals surface area (Å²) in [5.41, 5.74) is -0.702. The first-order valence-corrected chi connectivity index (χ1v) is 4.70. The van der Waals surface area contributed by atoms with E-state index < -0.39 is 5.60 Å². The first-order valence-electron chi connectivity index (χ1n) is 4.70. The molecule has 1 rings (SSSR count). The van der Waals surface area contributed by atoms with E-state index in [1.54, 1.807) is 0 Å². The van der Waals surface area contributed by atoms with Crippen LogP contribution in [0.2, 0.25) is 0 Å². The molecule has 0 aliphatic heterocycles. The Morgan fingerprint density at radius 2 is 2.33 bits per heavy atom. The molecule has 0 aromatic heterocycles. The van der Waals surface area contributed by atoms with Gasteiger partial charge >= 0.3 is 0 Å². The molecular weight excluding hydrogens is 150 g/mol. The molecule has 1 saturated carbocycles. The van der Waals surface area contributed by atoms with E-state index in [1.807, 2.05) is 6.92 Å². The molecule has 0 aromatic carbocycles. The van der Waals surface area contributed by atoms with Crippen LogP contribution in [0.3, 0.4) is 0 Å². The predicted octanol–water partition coefficient (Wildman–Crippen LogP) is 2.09. The first kappa shape index (κ1) is 9.54. The monoisotopic (exact) mass is 167 g/mol. The van der Waals surface area contributed by atoms with Gasteiger partial charge in [0.2, 0.25) is 0 Å². The van der Waals surface area contributed by atoms with Crippen molar-refractivity contribution in [3.8, 4) is 6.07 Å². The molecule has 0 bridgehead atoms. The second-order valence-corrected chi connectivity index (χ2v) is 4.16. The Bertz CT molecular complexity index is 197. The summed E-state index contributed by atoms with van der Waals surface area (Å²) in [5.74, 6) is 0.347. The van der Waals surface area contributed by atoms with Gasteiger partial charge in [0.15, 0.2) is 0 Å². The van der Waals surface area contributed by atoms with Crippen LogP contribution in [-0.4, -0.2) is 10.7 Å². The van der Waals surface area contributed by atoms with Gasteiger partial charge in [-0.3, -0.25) is 0 Å². The Hall–Kier alpha value is -0.550. The van der Waals surface area contributed by atoms with Gasteiger partial charge in [-0.15, -0.1) is 0 Å². The van der Waals surface area contributed by atoms with Crippen molar-refractivity contribution < 1.29 is 5.11 Å². The van der Waals surface area contributed by atoms with Crippen molar-refractivity contribution in [1.82, 2.24) is 0 Å². The summed E-state index contributed by atoms with van der Waals surface area (Å²) in [6.07, 6.45) is 3.85. The Morgan fingerprint density at radius 3 is 2.83 bits per heavy atom. The minimum absolute atomic E-state index is 0.222. The maximum absolute atomic E-state index is 10.1. The number of rotatable bonds is 1. The third-order valence-corrected chi connectivity index (χ3v) is 3.01. The van der Waals surface area contributed by atoms with Crippen LogP contribution in [0, 0.1) is 23.2 Å². The minimum atomic E-state index is -0.702. The van der Waals surface area contributed by atoms with Crippen LogP contribution in [-0.2, 0) is 0 Å². The normalized spacial score (nSPS) is 38.7. The van der Waals surface area contributed by atoms with E-state index >= 15 is 0 Å². The average Bonchev–Trinajstić information content (AvgIpc) is 2.02. The molecular formula is C10H17NO. The van der Waals surface area contributed by atoms with Gasteiger partial charge in [0.25, 0.3) is 0 Å². The summed E-state index contributed by atoms with van der Waals surface area (Å²) < 4.78 is 0. The standard InChI is InChI=1S/C10H17NO/c1-8-4-3-5-10(12,6-8)9(2)7-11/h8-9,12H,3-6H2,1-2H3. The van der Waals surface area contributed by atoms with Crippen molar-refractivity contribution in [2.45, 2.75) is 45.1 Å². The lowest BCUT2D eigenvalue weighted by Gasteiger charge is -2.37. The van der Waals surface area contributed by atoms with Gasteiger partial charge < -0.3 is 5.11 Å². The minimum Gasteiger partial charge on any atom is -0.389 e. The van der Waals surface area contributed by atoms with E-state index in [-0.39, 0.29) is 5.92 Å². The van der Waals surface area contributed by atoms with Crippen LogP contribution in [0.4, 0.5) is 0 Å². The molecule has 0 radical (unpaired) electrons. The topological polar surface area (TPSA) is 44.0 Å². The van der Waals surface area contributed by atoms with Crippen molar-refractivity contribution in [3.05, 3.63) is 0 Å². The van der Waals surface area contributed by atoms with Crippen molar-refractivity contribution in [2.75, 3.05) is 0 Å². The number of nitrogens with zero attached hydrogens (tertiary/aromatic N) is 1. The lowest BCUT2D eigenvalue weighted by molar-refractivity contribution is -0.0400. The summed E-state index contributed by atoms with van der Waals surface area (Å²) >= 11 is 0. The van der Waals surface area contributed by atoms with Gasteiger partial charge in [-0.05, 0) is 25.7 Å². The highest BCUT2D eigenvalue weighted by molar-refractivity contribution is 4.98. The molecule has 1 aliphatic carbocycles. The zero-order valence-corrected chi connectivity index (χ0v) is 7.88. The molecule has 12 heavy (non-hydrogen) atoms. The molecule has 3 atom stereocenters. The SMILES string of the molecule is CC1CCCC(O)(C(C)C#N)C1. The van der Waals surface area contributed by atoms with Crippen LogP contribution in [0.1, 0.15) is 39.5 Å². The molecule has 1 aliphatic rings. The Labute approximate surface area is 74.2 Å². The molecule has 0 heterocycles. The van der Waals surface area contributed by atoms with E-state index in [9.17, 15) is 5.11 Å². The second kappa shape index (κ2) is 3.45. The molecule has 68 valence electrons. The Morgan fingerprint density at radius 1 is 1.67 bits per heavy atom. The lowest BCUT2D eigenvalue weighted by atomic mass is 9.73. The maximum atomic E-state index is 10.1. The Kier molecular flexibility index (Phi) is 2.74. The van der Waals surface area contributed by atoms with Gasteiger partial charge in [0.05, 0.1) is 17.6 Å². The molecule has 0 spiro atoms. The first-order chi connectivity index (χ1) is 5.58. The summed E-state index contributed by atoms with van der Waals surface area (Å²) in [7, 11) is 0. The van der Waals surface area contributed by atoms with E-state index in [4.69, 9.17) is 5.26 Å². The van der Waals surface area contributed by atoms with Crippen LogP contribution in [0.15, 0.2) is 0 Å². The van der Waals surface area contributed by atoms with Gasteiger partial charge in [0, 0.05) is 0 Å². The molecule has 0 saturated heterocycles. The van der Waals surface area contributed by atoms with Crippen molar-refractivity contribution in [2.24, 2.45) is 11.8 Å². The lowest BCUT2D eigenvalue weighted by Crippen LogP contribution is -2.40. The highest BCUT2D eigenvalue weighted by atomic mass is 16.3. The summed E-state index contributed by atoms with van der Waals surface area (Å²) in [6.45, 7) is 3.96. The molecule has 1 N–H and O–H groups in total. The Balaban J connectivity index is 2.64. The molecule has 3 unspecified atom stereocenters. The quantitative estimate of drug-likeness (QED) is 0.649.